The predicted molar refractivity (Wildman–Crippen MR) is 147 cm³/mol. The molecular weight excluding hydrogens is 468 g/mol. The van der Waals surface area contributed by atoms with E-state index in [2.05, 4.69) is 26.1 Å². The molecule has 37 heavy (non-hydrogen) atoms. The third kappa shape index (κ3) is 6.79. The monoisotopic (exact) mass is 504 g/mol. The molecule has 0 saturated carbocycles. The summed E-state index contributed by atoms with van der Waals surface area (Å²) >= 11 is 0. The summed E-state index contributed by atoms with van der Waals surface area (Å²) in [6, 6.07) is 17.9. The molecule has 0 heterocycles. The third-order valence-electron chi connectivity index (χ3n) is 5.74. The van der Waals surface area contributed by atoms with Crippen molar-refractivity contribution in [2.75, 3.05) is 41.2 Å². The lowest BCUT2D eigenvalue weighted by molar-refractivity contribution is 0.294. The molecule has 196 valence electrons. The van der Waals surface area contributed by atoms with Crippen LogP contribution >= 0.6 is 0 Å². The molecule has 0 amide bonds. The van der Waals surface area contributed by atoms with Crippen LogP contribution in [0.3, 0.4) is 0 Å². The first-order valence-electron chi connectivity index (χ1n) is 12.2. The molecule has 0 aliphatic carbocycles. The molecule has 0 N–H and O–H groups in total. The Balaban J connectivity index is 2.15. The van der Waals surface area contributed by atoms with Gasteiger partial charge in [-0.15, -0.1) is 0 Å². The Bertz CT molecular complexity index is 1120. The van der Waals surface area contributed by atoms with E-state index in [1.807, 2.05) is 48.5 Å². The highest BCUT2D eigenvalue weighted by atomic mass is 16.5. The van der Waals surface area contributed by atoms with Crippen LogP contribution in [0, 0.1) is 0 Å². The van der Waals surface area contributed by atoms with E-state index < -0.39 is 0 Å². The van der Waals surface area contributed by atoms with Crippen LogP contribution in [0.1, 0.15) is 36.0 Å². The SMILES string of the molecule is C=CCOc1ccc(C(c2ccc(OCC=C)c(OC)c2)c2ccc(OCCC)c(OC)c2)cc1OC. The predicted octanol–water partition coefficient (Wildman–Crippen LogP) is 6.81. The molecule has 0 saturated heterocycles. The molecule has 3 aromatic rings. The van der Waals surface area contributed by atoms with Crippen LogP contribution in [0.5, 0.6) is 34.5 Å². The fourth-order valence-electron chi connectivity index (χ4n) is 4.04. The normalized spacial score (nSPS) is 10.5. The van der Waals surface area contributed by atoms with Crippen LogP contribution in [-0.4, -0.2) is 41.2 Å². The van der Waals surface area contributed by atoms with Crippen LogP contribution < -0.4 is 28.4 Å². The van der Waals surface area contributed by atoms with Gasteiger partial charge in [0, 0.05) is 5.92 Å². The van der Waals surface area contributed by atoms with Crippen LogP contribution in [0.4, 0.5) is 0 Å². The van der Waals surface area contributed by atoms with Crippen molar-refractivity contribution in [3.63, 3.8) is 0 Å². The molecule has 0 aliphatic heterocycles. The van der Waals surface area contributed by atoms with E-state index >= 15 is 0 Å². The fraction of sp³-hybridized carbons (Fsp3) is 0.290. The van der Waals surface area contributed by atoms with E-state index in [0.717, 1.165) is 23.1 Å². The van der Waals surface area contributed by atoms with Gasteiger partial charge >= 0.3 is 0 Å². The first kappa shape index (κ1) is 27.5. The minimum atomic E-state index is -0.168. The molecule has 0 bridgehead atoms. The van der Waals surface area contributed by atoms with Gasteiger partial charge in [0.15, 0.2) is 34.5 Å². The van der Waals surface area contributed by atoms with Gasteiger partial charge in [-0.25, -0.2) is 0 Å². The zero-order valence-electron chi connectivity index (χ0n) is 22.1. The second-order valence-corrected chi connectivity index (χ2v) is 8.21. The van der Waals surface area contributed by atoms with Crippen molar-refractivity contribution >= 4 is 0 Å². The van der Waals surface area contributed by atoms with Crippen LogP contribution in [0.25, 0.3) is 0 Å². The van der Waals surface area contributed by atoms with E-state index in [0.29, 0.717) is 54.3 Å². The molecule has 0 aromatic heterocycles. The molecule has 6 heteroatoms. The third-order valence-corrected chi connectivity index (χ3v) is 5.74. The lowest BCUT2D eigenvalue weighted by Crippen LogP contribution is -2.07. The van der Waals surface area contributed by atoms with Gasteiger partial charge in [0.05, 0.1) is 27.9 Å². The second kappa shape index (κ2) is 13.9. The maximum atomic E-state index is 5.89. The van der Waals surface area contributed by atoms with Crippen molar-refractivity contribution in [1.29, 1.82) is 0 Å². The van der Waals surface area contributed by atoms with E-state index in [1.165, 1.54) is 0 Å². The second-order valence-electron chi connectivity index (χ2n) is 8.21. The molecule has 0 aliphatic rings. The number of benzene rings is 3. The summed E-state index contributed by atoms with van der Waals surface area (Å²) in [5.41, 5.74) is 3.03. The molecule has 0 atom stereocenters. The van der Waals surface area contributed by atoms with Gasteiger partial charge in [0.2, 0.25) is 0 Å². The van der Waals surface area contributed by atoms with Crippen LogP contribution in [0.2, 0.25) is 0 Å². The summed E-state index contributed by atoms with van der Waals surface area (Å²) in [5, 5.41) is 0. The maximum Gasteiger partial charge on any atom is 0.161 e. The largest absolute Gasteiger partial charge is 0.493 e. The lowest BCUT2D eigenvalue weighted by Gasteiger charge is -2.23. The van der Waals surface area contributed by atoms with Gasteiger partial charge in [0.1, 0.15) is 13.2 Å². The average Bonchev–Trinajstić information content (AvgIpc) is 2.94. The number of rotatable bonds is 15. The molecule has 6 nitrogen and oxygen atoms in total. The summed E-state index contributed by atoms with van der Waals surface area (Å²) in [6.45, 7) is 10.9. The summed E-state index contributed by atoms with van der Waals surface area (Å²) in [4.78, 5) is 0. The number of methoxy groups -OCH3 is 3. The lowest BCUT2D eigenvalue weighted by atomic mass is 9.84. The van der Waals surface area contributed by atoms with Crippen LogP contribution in [0.15, 0.2) is 79.9 Å². The quantitative estimate of drug-likeness (QED) is 0.167. The Morgan fingerprint density at radius 3 is 1.30 bits per heavy atom. The van der Waals surface area contributed by atoms with Crippen molar-refractivity contribution in [2.24, 2.45) is 0 Å². The van der Waals surface area contributed by atoms with Crippen LogP contribution in [-0.2, 0) is 0 Å². The van der Waals surface area contributed by atoms with Gasteiger partial charge < -0.3 is 28.4 Å². The highest BCUT2D eigenvalue weighted by Crippen LogP contribution is 2.42. The van der Waals surface area contributed by atoms with Crippen molar-refractivity contribution in [3.8, 4) is 34.5 Å². The van der Waals surface area contributed by atoms with E-state index in [-0.39, 0.29) is 5.92 Å². The minimum Gasteiger partial charge on any atom is -0.493 e. The van der Waals surface area contributed by atoms with Crippen molar-refractivity contribution in [3.05, 3.63) is 96.6 Å². The van der Waals surface area contributed by atoms with Crippen molar-refractivity contribution < 1.29 is 28.4 Å². The zero-order chi connectivity index (χ0) is 26.6. The van der Waals surface area contributed by atoms with Crippen molar-refractivity contribution in [2.45, 2.75) is 19.3 Å². The van der Waals surface area contributed by atoms with Gasteiger partial charge in [-0.3, -0.25) is 0 Å². The standard InChI is InChI=1S/C31H36O6/c1-7-16-35-25-13-10-22(19-28(25)32-4)31(23-11-14-26(36-17-8-2)29(20-23)33-5)24-12-15-27(37-18-9-3)30(21-24)34-6/h7-8,10-15,19-21,31H,1-2,9,16-18H2,3-6H3. The summed E-state index contributed by atoms with van der Waals surface area (Å²) in [6.07, 6.45) is 4.31. The molecule has 0 spiro atoms. The molecule has 3 rings (SSSR count). The molecule has 0 unspecified atom stereocenters. The topological polar surface area (TPSA) is 55.4 Å². The zero-order valence-corrected chi connectivity index (χ0v) is 22.1. The van der Waals surface area contributed by atoms with Gasteiger partial charge in [-0.05, 0) is 59.5 Å². The minimum absolute atomic E-state index is 0.168. The summed E-state index contributed by atoms with van der Waals surface area (Å²) < 4.78 is 34.5. The number of hydrogen-bond donors (Lipinski definition) is 0. The Hall–Kier alpha value is -4.06. The van der Waals surface area contributed by atoms with Crippen molar-refractivity contribution in [1.82, 2.24) is 0 Å². The highest BCUT2D eigenvalue weighted by Gasteiger charge is 2.22. The number of ether oxygens (including phenoxy) is 6. The molecule has 0 fully saturated rings. The first-order chi connectivity index (χ1) is 18.1. The fourth-order valence-corrected chi connectivity index (χ4v) is 4.04. The Labute approximate surface area is 220 Å². The van der Waals surface area contributed by atoms with E-state index in [9.17, 15) is 0 Å². The highest BCUT2D eigenvalue weighted by molar-refractivity contribution is 5.55. The maximum absolute atomic E-state index is 5.89. The Kier molecular flexibility index (Phi) is 10.3. The molecular formula is C31H36O6. The summed E-state index contributed by atoms with van der Waals surface area (Å²) in [7, 11) is 4.91. The summed E-state index contributed by atoms with van der Waals surface area (Å²) in [5.74, 6) is 3.79. The number of hydrogen-bond acceptors (Lipinski definition) is 6. The van der Waals surface area contributed by atoms with E-state index in [4.69, 9.17) is 28.4 Å². The molecule has 3 aromatic carbocycles. The van der Waals surface area contributed by atoms with Gasteiger partial charge in [-0.1, -0.05) is 50.4 Å². The molecule has 0 radical (unpaired) electrons. The van der Waals surface area contributed by atoms with Gasteiger partial charge in [0.25, 0.3) is 0 Å². The smallest absolute Gasteiger partial charge is 0.161 e. The van der Waals surface area contributed by atoms with E-state index in [1.54, 1.807) is 33.5 Å². The average molecular weight is 505 g/mol. The Morgan fingerprint density at radius 2 is 0.973 bits per heavy atom. The Morgan fingerprint density at radius 1 is 0.595 bits per heavy atom. The van der Waals surface area contributed by atoms with Gasteiger partial charge in [-0.2, -0.15) is 0 Å². The first-order valence-corrected chi connectivity index (χ1v) is 12.2.